The molecule has 104 valence electrons. The lowest BCUT2D eigenvalue weighted by Crippen LogP contribution is -2.26. The van der Waals surface area contributed by atoms with Crippen molar-refractivity contribution in [1.82, 2.24) is 0 Å². The molecule has 21 heavy (non-hydrogen) atoms. The molecule has 0 aromatic heterocycles. The summed E-state index contributed by atoms with van der Waals surface area (Å²) in [6.45, 7) is -1.86. The van der Waals surface area contributed by atoms with Crippen molar-refractivity contribution in [3.8, 4) is 0 Å². The second-order valence-corrected chi connectivity index (χ2v) is 8.92. The van der Waals surface area contributed by atoms with Gasteiger partial charge in [-0.2, -0.15) is 0 Å². The fourth-order valence-corrected chi connectivity index (χ4v) is 6.74. The molecular weight excluding hydrogens is 339 g/mol. The number of halogens is 1. The van der Waals surface area contributed by atoms with E-state index in [0.717, 1.165) is 4.47 Å². The third kappa shape index (κ3) is 2.64. The van der Waals surface area contributed by atoms with Gasteiger partial charge in [-0.15, -0.1) is 0 Å². The summed E-state index contributed by atoms with van der Waals surface area (Å²) in [5, 5.41) is 3.87. The minimum Gasteiger partial charge on any atom is -0.0886 e. The molecule has 3 aromatic rings. The molecule has 0 aliphatic carbocycles. The lowest BCUT2D eigenvalue weighted by molar-refractivity contribution is 1.70. The SMILES string of the molecule is C=P(c1ccccc1)(c1ccccc1)c1ccccc1Br. The summed E-state index contributed by atoms with van der Waals surface area (Å²) in [4.78, 5) is 0. The van der Waals surface area contributed by atoms with Gasteiger partial charge < -0.3 is 0 Å². The molecule has 0 amide bonds. The lowest BCUT2D eigenvalue weighted by Gasteiger charge is -2.27. The van der Waals surface area contributed by atoms with E-state index in [1.54, 1.807) is 0 Å². The Kier molecular flexibility index (Phi) is 4.14. The smallest absolute Gasteiger partial charge is 0.0258 e. The summed E-state index contributed by atoms with van der Waals surface area (Å²) in [6, 6.07) is 29.7. The van der Waals surface area contributed by atoms with E-state index < -0.39 is 6.89 Å². The van der Waals surface area contributed by atoms with Gasteiger partial charge in [-0.3, -0.25) is 0 Å². The van der Waals surface area contributed by atoms with Crippen LogP contribution in [-0.2, 0) is 0 Å². The Balaban J connectivity index is 2.32. The van der Waals surface area contributed by atoms with Crippen LogP contribution in [0.25, 0.3) is 0 Å². The van der Waals surface area contributed by atoms with Crippen molar-refractivity contribution in [1.29, 1.82) is 0 Å². The molecule has 0 unspecified atom stereocenters. The van der Waals surface area contributed by atoms with Crippen LogP contribution in [0.4, 0.5) is 0 Å². The van der Waals surface area contributed by atoms with Crippen LogP contribution in [0, 0.1) is 0 Å². The second-order valence-electron chi connectivity index (χ2n) is 4.93. The predicted octanol–water partition coefficient (Wildman–Crippen LogP) is 4.18. The molecule has 2 heteroatoms. The van der Waals surface area contributed by atoms with Crippen LogP contribution in [0.2, 0.25) is 0 Å². The molecule has 0 saturated carbocycles. The van der Waals surface area contributed by atoms with Crippen molar-refractivity contribution < 1.29 is 0 Å². The third-order valence-corrected chi connectivity index (χ3v) is 8.23. The van der Waals surface area contributed by atoms with Gasteiger partial charge in [0.15, 0.2) is 0 Å². The van der Waals surface area contributed by atoms with Gasteiger partial charge in [0, 0.05) is 4.47 Å². The van der Waals surface area contributed by atoms with E-state index in [1.165, 1.54) is 15.9 Å². The topological polar surface area (TPSA) is 0 Å². The molecular formula is C19H16BrP. The maximum Gasteiger partial charge on any atom is 0.0258 e. The van der Waals surface area contributed by atoms with Crippen molar-refractivity contribution >= 4 is 45.0 Å². The third-order valence-electron chi connectivity index (χ3n) is 3.66. The fraction of sp³-hybridized carbons (Fsp3) is 0. The van der Waals surface area contributed by atoms with Gasteiger partial charge in [-0.25, -0.2) is 0 Å². The van der Waals surface area contributed by atoms with Crippen molar-refractivity contribution in [3.63, 3.8) is 0 Å². The van der Waals surface area contributed by atoms with Gasteiger partial charge in [0.05, 0.1) is 0 Å². The van der Waals surface area contributed by atoms with Crippen LogP contribution in [0.15, 0.2) is 89.4 Å². The highest BCUT2D eigenvalue weighted by Crippen LogP contribution is 2.43. The first-order valence-electron chi connectivity index (χ1n) is 6.82. The number of rotatable bonds is 3. The normalized spacial score (nSPS) is 11.3. The van der Waals surface area contributed by atoms with Gasteiger partial charge in [0.25, 0.3) is 0 Å². The van der Waals surface area contributed by atoms with Crippen molar-refractivity contribution in [3.05, 3.63) is 89.4 Å². The van der Waals surface area contributed by atoms with Crippen LogP contribution in [0.3, 0.4) is 0 Å². The molecule has 0 aliphatic rings. The zero-order chi connectivity index (χ0) is 14.7. The van der Waals surface area contributed by atoms with Crippen molar-refractivity contribution in [2.75, 3.05) is 0 Å². The maximum absolute atomic E-state index is 4.72. The van der Waals surface area contributed by atoms with E-state index in [9.17, 15) is 0 Å². The zero-order valence-electron chi connectivity index (χ0n) is 11.6. The number of hydrogen-bond donors (Lipinski definition) is 0. The highest BCUT2D eigenvalue weighted by molar-refractivity contribution is 9.10. The summed E-state index contributed by atoms with van der Waals surface area (Å²) >= 11 is 3.71. The molecule has 0 saturated heterocycles. The Labute approximate surface area is 134 Å². The number of benzene rings is 3. The first-order valence-corrected chi connectivity index (χ1v) is 9.59. The van der Waals surface area contributed by atoms with Gasteiger partial charge >= 0.3 is 0 Å². The van der Waals surface area contributed by atoms with Gasteiger partial charge in [-0.05, 0) is 28.9 Å². The Morgan fingerprint density at radius 2 is 1.05 bits per heavy atom. The summed E-state index contributed by atoms with van der Waals surface area (Å²) < 4.78 is 1.13. The Hall–Kier alpha value is -1.56. The zero-order valence-corrected chi connectivity index (χ0v) is 14.1. The van der Waals surface area contributed by atoms with Crippen molar-refractivity contribution in [2.45, 2.75) is 0 Å². The Bertz CT molecular complexity index is 735. The van der Waals surface area contributed by atoms with E-state index in [0.29, 0.717) is 0 Å². The van der Waals surface area contributed by atoms with Gasteiger partial charge in [0.2, 0.25) is 0 Å². The summed E-state index contributed by atoms with van der Waals surface area (Å²) in [5.41, 5.74) is 0. The van der Waals surface area contributed by atoms with Crippen LogP contribution in [-0.4, -0.2) is 6.30 Å². The Morgan fingerprint density at radius 1 is 0.619 bits per heavy atom. The molecule has 0 N–H and O–H groups in total. The summed E-state index contributed by atoms with van der Waals surface area (Å²) in [7, 11) is 0. The molecule has 0 fully saturated rings. The van der Waals surface area contributed by atoms with E-state index in [-0.39, 0.29) is 0 Å². The highest BCUT2D eigenvalue weighted by atomic mass is 79.9. The second kappa shape index (κ2) is 6.05. The monoisotopic (exact) mass is 354 g/mol. The first-order chi connectivity index (χ1) is 10.2. The summed E-state index contributed by atoms with van der Waals surface area (Å²) in [5.74, 6) is 0. The van der Waals surface area contributed by atoms with Crippen LogP contribution < -0.4 is 15.9 Å². The van der Waals surface area contributed by atoms with E-state index >= 15 is 0 Å². The van der Waals surface area contributed by atoms with E-state index in [2.05, 4.69) is 94.8 Å². The largest absolute Gasteiger partial charge is 0.0886 e. The molecule has 0 nitrogen and oxygen atoms in total. The Morgan fingerprint density at radius 3 is 1.52 bits per heavy atom. The van der Waals surface area contributed by atoms with E-state index in [1.807, 2.05) is 6.07 Å². The molecule has 3 aromatic carbocycles. The highest BCUT2D eigenvalue weighted by Gasteiger charge is 2.23. The van der Waals surface area contributed by atoms with Crippen LogP contribution in [0.1, 0.15) is 0 Å². The standard InChI is InChI=1S/C19H16BrP/c1-21(16-10-4-2-5-11-16,17-12-6-3-7-13-17)19-15-9-8-14-18(19)20/h2-15H,1H2. The van der Waals surface area contributed by atoms with Crippen molar-refractivity contribution in [2.24, 2.45) is 0 Å². The van der Waals surface area contributed by atoms with Crippen LogP contribution >= 0.6 is 22.8 Å². The van der Waals surface area contributed by atoms with Gasteiger partial charge in [0.1, 0.15) is 0 Å². The average Bonchev–Trinajstić information content (AvgIpc) is 2.56. The molecule has 0 spiro atoms. The van der Waals surface area contributed by atoms with E-state index in [4.69, 9.17) is 6.30 Å². The average molecular weight is 355 g/mol. The molecule has 0 atom stereocenters. The predicted molar refractivity (Wildman–Crippen MR) is 100.0 cm³/mol. The fourth-order valence-electron chi connectivity index (χ4n) is 2.55. The lowest BCUT2D eigenvalue weighted by atomic mass is 10.4. The minimum atomic E-state index is -1.86. The maximum atomic E-state index is 4.72. The number of hydrogen-bond acceptors (Lipinski definition) is 0. The first kappa shape index (κ1) is 14.4. The molecule has 0 bridgehead atoms. The molecule has 0 radical (unpaired) electrons. The molecule has 0 heterocycles. The summed E-state index contributed by atoms with van der Waals surface area (Å²) in [6.07, 6.45) is 4.72. The van der Waals surface area contributed by atoms with Crippen LogP contribution in [0.5, 0.6) is 0 Å². The molecule has 3 rings (SSSR count). The quantitative estimate of drug-likeness (QED) is 0.619. The van der Waals surface area contributed by atoms with Gasteiger partial charge in [-0.1, -0.05) is 101 Å². The molecule has 0 aliphatic heterocycles. The minimum absolute atomic E-state index is 1.13.